The molecular formula is C12H25FN2. The molecule has 0 spiro atoms. The fourth-order valence-corrected chi connectivity index (χ4v) is 2.06. The Labute approximate surface area is 93.2 Å². The monoisotopic (exact) mass is 216 g/mol. The maximum absolute atomic E-state index is 12.1. The second-order valence-corrected chi connectivity index (χ2v) is 5.57. The Morgan fingerprint density at radius 2 is 2.13 bits per heavy atom. The van der Waals surface area contributed by atoms with Crippen LogP contribution in [0, 0.1) is 5.41 Å². The Bertz CT molecular complexity index is 177. The summed E-state index contributed by atoms with van der Waals surface area (Å²) in [4.78, 5) is 2.40. The van der Waals surface area contributed by atoms with Crippen LogP contribution in [0.2, 0.25) is 0 Å². The van der Waals surface area contributed by atoms with Crippen LogP contribution in [0.25, 0.3) is 0 Å². The summed E-state index contributed by atoms with van der Waals surface area (Å²) in [6.45, 7) is 10.8. The van der Waals surface area contributed by atoms with Crippen LogP contribution in [0.5, 0.6) is 0 Å². The van der Waals surface area contributed by atoms with Gasteiger partial charge < -0.3 is 10.2 Å². The minimum absolute atomic E-state index is 0.190. The van der Waals surface area contributed by atoms with Crippen molar-refractivity contribution >= 4 is 0 Å². The fraction of sp³-hybridized carbons (Fsp3) is 1.00. The van der Waals surface area contributed by atoms with Crippen molar-refractivity contribution in [3.05, 3.63) is 0 Å². The molecule has 1 fully saturated rings. The number of hydrogen-bond donors (Lipinski definition) is 1. The third kappa shape index (κ3) is 4.47. The first kappa shape index (κ1) is 12.9. The molecule has 0 saturated carbocycles. The molecule has 1 heterocycles. The van der Waals surface area contributed by atoms with Crippen molar-refractivity contribution in [3.8, 4) is 0 Å². The van der Waals surface area contributed by atoms with Gasteiger partial charge in [0.15, 0.2) is 0 Å². The first-order chi connectivity index (χ1) is 7.04. The van der Waals surface area contributed by atoms with Gasteiger partial charge in [-0.25, -0.2) is 0 Å². The van der Waals surface area contributed by atoms with Crippen molar-refractivity contribution in [2.24, 2.45) is 5.41 Å². The molecule has 3 heteroatoms. The molecule has 1 atom stereocenters. The van der Waals surface area contributed by atoms with Gasteiger partial charge in [-0.3, -0.25) is 4.39 Å². The minimum Gasteiger partial charge on any atom is -0.312 e. The van der Waals surface area contributed by atoms with Gasteiger partial charge in [-0.15, -0.1) is 0 Å². The normalized spacial score (nSPS) is 25.2. The Balaban J connectivity index is 2.46. The molecule has 2 nitrogen and oxygen atoms in total. The molecule has 0 amide bonds. The summed E-state index contributed by atoms with van der Waals surface area (Å²) in [7, 11) is 0. The van der Waals surface area contributed by atoms with Gasteiger partial charge in [-0.1, -0.05) is 20.8 Å². The van der Waals surface area contributed by atoms with E-state index in [4.69, 9.17) is 0 Å². The van der Waals surface area contributed by atoms with Crippen molar-refractivity contribution in [3.63, 3.8) is 0 Å². The van der Waals surface area contributed by atoms with Crippen molar-refractivity contribution in [2.45, 2.75) is 39.7 Å². The lowest BCUT2D eigenvalue weighted by atomic mass is 9.86. The number of alkyl halides is 1. The molecule has 15 heavy (non-hydrogen) atoms. The number of rotatable bonds is 3. The van der Waals surface area contributed by atoms with Gasteiger partial charge in [0.25, 0.3) is 0 Å². The quantitative estimate of drug-likeness (QED) is 0.777. The molecule has 90 valence electrons. The fourth-order valence-electron chi connectivity index (χ4n) is 2.06. The van der Waals surface area contributed by atoms with E-state index in [1.165, 1.54) is 6.42 Å². The van der Waals surface area contributed by atoms with Crippen LogP contribution in [0.15, 0.2) is 0 Å². The van der Waals surface area contributed by atoms with E-state index in [9.17, 15) is 4.39 Å². The number of nitrogens with one attached hydrogen (secondary N) is 1. The lowest BCUT2D eigenvalue weighted by Gasteiger charge is -2.33. The van der Waals surface area contributed by atoms with E-state index in [-0.39, 0.29) is 12.1 Å². The SMILES string of the molecule is CC(C)(C)C1CN(CCCF)CCCN1. The molecule has 1 N–H and O–H groups in total. The van der Waals surface area contributed by atoms with Gasteiger partial charge in [0.1, 0.15) is 0 Å². The summed E-state index contributed by atoms with van der Waals surface area (Å²) in [6, 6.07) is 0.527. The third-order valence-electron chi connectivity index (χ3n) is 3.14. The van der Waals surface area contributed by atoms with Crippen molar-refractivity contribution < 1.29 is 4.39 Å². The van der Waals surface area contributed by atoms with Gasteiger partial charge in [-0.2, -0.15) is 0 Å². The Hall–Kier alpha value is -0.150. The zero-order valence-corrected chi connectivity index (χ0v) is 10.4. The lowest BCUT2D eigenvalue weighted by molar-refractivity contribution is 0.192. The van der Waals surface area contributed by atoms with E-state index in [0.717, 1.165) is 26.2 Å². The summed E-state index contributed by atoms with van der Waals surface area (Å²) in [5, 5.41) is 3.59. The number of nitrogens with zero attached hydrogens (tertiary/aromatic N) is 1. The molecule has 0 aromatic heterocycles. The highest BCUT2D eigenvalue weighted by molar-refractivity contribution is 4.85. The van der Waals surface area contributed by atoms with Crippen LogP contribution in [0.4, 0.5) is 4.39 Å². The van der Waals surface area contributed by atoms with Gasteiger partial charge in [0, 0.05) is 19.1 Å². The van der Waals surface area contributed by atoms with Crippen LogP contribution in [-0.4, -0.2) is 43.8 Å². The summed E-state index contributed by atoms with van der Waals surface area (Å²) in [5.74, 6) is 0. The van der Waals surface area contributed by atoms with Crippen LogP contribution < -0.4 is 5.32 Å². The average molecular weight is 216 g/mol. The van der Waals surface area contributed by atoms with E-state index in [1.807, 2.05) is 0 Å². The predicted octanol–water partition coefficient (Wildman–Crippen LogP) is 2.06. The molecule has 0 bridgehead atoms. The molecule has 1 aliphatic heterocycles. The van der Waals surface area contributed by atoms with Crippen molar-refractivity contribution in [1.29, 1.82) is 0 Å². The van der Waals surface area contributed by atoms with Crippen LogP contribution in [-0.2, 0) is 0 Å². The molecular weight excluding hydrogens is 191 g/mol. The molecule has 0 aromatic carbocycles. The standard InChI is InChI=1S/C12H25FN2/c1-12(2,3)11-10-15(8-4-6-13)9-5-7-14-11/h11,14H,4-10H2,1-3H3. The predicted molar refractivity (Wildman–Crippen MR) is 62.9 cm³/mol. The van der Waals surface area contributed by atoms with Gasteiger partial charge in [0.05, 0.1) is 6.67 Å². The highest BCUT2D eigenvalue weighted by Gasteiger charge is 2.27. The maximum atomic E-state index is 12.1. The zero-order valence-electron chi connectivity index (χ0n) is 10.4. The average Bonchev–Trinajstić information content (AvgIpc) is 2.38. The van der Waals surface area contributed by atoms with E-state index in [0.29, 0.717) is 12.5 Å². The van der Waals surface area contributed by atoms with E-state index >= 15 is 0 Å². The van der Waals surface area contributed by atoms with Crippen LogP contribution in [0.3, 0.4) is 0 Å². The second-order valence-electron chi connectivity index (χ2n) is 5.57. The number of hydrogen-bond acceptors (Lipinski definition) is 2. The summed E-state index contributed by atoms with van der Waals surface area (Å²) < 4.78 is 12.1. The molecule has 1 unspecified atom stereocenters. The molecule has 0 radical (unpaired) electrons. The second kappa shape index (κ2) is 5.80. The highest BCUT2D eigenvalue weighted by Crippen LogP contribution is 2.21. The van der Waals surface area contributed by atoms with Crippen molar-refractivity contribution in [2.75, 3.05) is 32.9 Å². The van der Waals surface area contributed by atoms with Gasteiger partial charge in [-0.05, 0) is 31.3 Å². The maximum Gasteiger partial charge on any atom is 0.0906 e. The first-order valence-electron chi connectivity index (χ1n) is 6.06. The Morgan fingerprint density at radius 1 is 1.40 bits per heavy atom. The molecule has 0 aliphatic carbocycles. The van der Waals surface area contributed by atoms with E-state index in [2.05, 4.69) is 31.0 Å². The number of halogens is 1. The van der Waals surface area contributed by atoms with Gasteiger partial charge >= 0.3 is 0 Å². The van der Waals surface area contributed by atoms with E-state index in [1.54, 1.807) is 0 Å². The molecule has 1 saturated heterocycles. The third-order valence-corrected chi connectivity index (χ3v) is 3.14. The topological polar surface area (TPSA) is 15.3 Å². The summed E-state index contributed by atoms with van der Waals surface area (Å²) >= 11 is 0. The summed E-state index contributed by atoms with van der Waals surface area (Å²) in [6.07, 6.45) is 1.86. The Kier molecular flexibility index (Phi) is 5.00. The van der Waals surface area contributed by atoms with E-state index < -0.39 is 0 Å². The molecule has 1 aliphatic rings. The molecule has 0 aromatic rings. The van der Waals surface area contributed by atoms with Gasteiger partial charge in [0.2, 0.25) is 0 Å². The highest BCUT2D eigenvalue weighted by atomic mass is 19.1. The first-order valence-corrected chi connectivity index (χ1v) is 6.06. The molecule has 1 rings (SSSR count). The smallest absolute Gasteiger partial charge is 0.0906 e. The minimum atomic E-state index is -0.190. The lowest BCUT2D eigenvalue weighted by Crippen LogP contribution is -2.46. The van der Waals surface area contributed by atoms with Crippen LogP contribution in [0.1, 0.15) is 33.6 Å². The van der Waals surface area contributed by atoms with Crippen molar-refractivity contribution in [1.82, 2.24) is 10.2 Å². The van der Waals surface area contributed by atoms with Crippen LogP contribution >= 0.6 is 0 Å². The zero-order chi connectivity index (χ0) is 11.3. The summed E-state index contributed by atoms with van der Waals surface area (Å²) in [5.41, 5.74) is 0.290. The largest absolute Gasteiger partial charge is 0.312 e. The Morgan fingerprint density at radius 3 is 2.73 bits per heavy atom.